The van der Waals surface area contributed by atoms with Crippen molar-refractivity contribution in [2.24, 2.45) is 11.3 Å². The lowest BCUT2D eigenvalue weighted by Crippen LogP contribution is -2.45. The van der Waals surface area contributed by atoms with Gasteiger partial charge in [-0.3, -0.25) is 0 Å². The highest BCUT2D eigenvalue weighted by Crippen LogP contribution is 2.24. The molecule has 0 saturated carbocycles. The molecule has 0 amide bonds. The van der Waals surface area contributed by atoms with Crippen molar-refractivity contribution in [1.29, 1.82) is 0 Å². The summed E-state index contributed by atoms with van der Waals surface area (Å²) in [5.41, 5.74) is -0.345. The second-order valence-electron chi connectivity index (χ2n) is 6.85. The van der Waals surface area contributed by atoms with Crippen LogP contribution in [0.1, 0.15) is 32.6 Å². The topological polar surface area (TPSA) is 46.9 Å². The highest BCUT2D eigenvalue weighted by molar-refractivity contribution is 4.82. The van der Waals surface area contributed by atoms with Crippen LogP contribution in [0.15, 0.2) is 0 Å². The van der Waals surface area contributed by atoms with Crippen LogP contribution in [0.2, 0.25) is 0 Å². The number of hydrogen-bond acceptors (Lipinski definition) is 4. The average molecular weight is 270 g/mol. The van der Waals surface area contributed by atoms with Gasteiger partial charge in [-0.1, -0.05) is 6.92 Å². The molecule has 2 rings (SSSR count). The summed E-state index contributed by atoms with van der Waals surface area (Å²) in [5, 5.41) is 18.7. The van der Waals surface area contributed by atoms with Gasteiger partial charge in [0.15, 0.2) is 0 Å². The maximum absolute atomic E-state index is 9.36. The lowest BCUT2D eigenvalue weighted by molar-refractivity contribution is 0.0231. The van der Waals surface area contributed by atoms with E-state index in [4.69, 9.17) is 0 Å². The normalized spacial score (nSPS) is 24.2. The molecule has 0 aromatic carbocycles. The fourth-order valence-electron chi connectivity index (χ4n) is 3.35. The summed E-state index contributed by atoms with van der Waals surface area (Å²) >= 11 is 0. The van der Waals surface area contributed by atoms with Gasteiger partial charge in [0.05, 0.1) is 13.2 Å². The number of nitrogens with zero attached hydrogens (tertiary/aromatic N) is 2. The number of aliphatic hydroxyl groups excluding tert-OH is 2. The van der Waals surface area contributed by atoms with Crippen molar-refractivity contribution in [2.75, 3.05) is 52.5 Å². The molecule has 2 N–H and O–H groups in total. The van der Waals surface area contributed by atoms with Gasteiger partial charge in [-0.15, -0.1) is 0 Å². The minimum atomic E-state index is -0.345. The third-order valence-electron chi connectivity index (χ3n) is 4.79. The van der Waals surface area contributed by atoms with Crippen LogP contribution < -0.4 is 0 Å². The fourth-order valence-corrected chi connectivity index (χ4v) is 3.35. The molecule has 0 aromatic heterocycles. The fraction of sp³-hybridized carbons (Fsp3) is 1.00. The molecule has 4 nitrogen and oxygen atoms in total. The van der Waals surface area contributed by atoms with Crippen molar-refractivity contribution >= 4 is 0 Å². The maximum Gasteiger partial charge on any atom is 0.0519 e. The Morgan fingerprint density at radius 1 is 0.947 bits per heavy atom. The quantitative estimate of drug-likeness (QED) is 0.749. The summed E-state index contributed by atoms with van der Waals surface area (Å²) in [7, 11) is 0. The molecule has 2 heterocycles. The zero-order chi connectivity index (χ0) is 13.7. The first-order valence-corrected chi connectivity index (χ1v) is 7.82. The van der Waals surface area contributed by atoms with Crippen LogP contribution >= 0.6 is 0 Å². The Labute approximate surface area is 117 Å². The van der Waals surface area contributed by atoms with Crippen LogP contribution in [0, 0.1) is 11.3 Å². The van der Waals surface area contributed by atoms with E-state index in [9.17, 15) is 10.2 Å². The van der Waals surface area contributed by atoms with Crippen molar-refractivity contribution in [1.82, 2.24) is 9.80 Å². The van der Waals surface area contributed by atoms with Crippen molar-refractivity contribution in [2.45, 2.75) is 32.6 Å². The van der Waals surface area contributed by atoms with Gasteiger partial charge in [-0.25, -0.2) is 0 Å². The van der Waals surface area contributed by atoms with Crippen molar-refractivity contribution in [3.63, 3.8) is 0 Å². The average Bonchev–Trinajstić information content (AvgIpc) is 2.94. The third kappa shape index (κ3) is 4.42. The molecular formula is C15H30N2O2. The molecule has 2 aliphatic rings. The number of aliphatic hydroxyl groups is 2. The Morgan fingerprint density at radius 2 is 1.53 bits per heavy atom. The summed E-state index contributed by atoms with van der Waals surface area (Å²) in [6.07, 6.45) is 5.29. The van der Waals surface area contributed by atoms with Crippen LogP contribution in [0.5, 0.6) is 0 Å². The minimum absolute atomic E-state index is 0.0667. The van der Waals surface area contributed by atoms with Crippen LogP contribution in [-0.2, 0) is 0 Å². The monoisotopic (exact) mass is 270 g/mol. The van der Waals surface area contributed by atoms with Gasteiger partial charge in [-0.05, 0) is 57.8 Å². The molecule has 0 atom stereocenters. The zero-order valence-corrected chi connectivity index (χ0v) is 12.4. The number of rotatable bonds is 6. The van der Waals surface area contributed by atoms with E-state index in [1.165, 1.54) is 45.3 Å². The first-order valence-electron chi connectivity index (χ1n) is 7.82. The first kappa shape index (κ1) is 15.2. The Bertz CT molecular complexity index is 255. The lowest BCUT2D eigenvalue weighted by atomic mass is 9.89. The Hall–Kier alpha value is -0.160. The molecule has 0 aliphatic carbocycles. The summed E-state index contributed by atoms with van der Waals surface area (Å²) in [6.45, 7) is 9.03. The Kier molecular flexibility index (Phi) is 5.63. The van der Waals surface area contributed by atoms with Gasteiger partial charge in [0.1, 0.15) is 0 Å². The van der Waals surface area contributed by atoms with E-state index in [1.54, 1.807) is 0 Å². The van der Waals surface area contributed by atoms with E-state index < -0.39 is 0 Å². The predicted molar refractivity (Wildman–Crippen MR) is 77.1 cm³/mol. The molecule has 0 bridgehead atoms. The van der Waals surface area contributed by atoms with E-state index in [0.717, 1.165) is 25.6 Å². The molecule has 112 valence electrons. The molecular weight excluding hydrogens is 240 g/mol. The van der Waals surface area contributed by atoms with Gasteiger partial charge >= 0.3 is 0 Å². The number of hydrogen-bond donors (Lipinski definition) is 2. The Morgan fingerprint density at radius 3 is 2.05 bits per heavy atom. The molecule has 2 aliphatic heterocycles. The summed E-state index contributed by atoms with van der Waals surface area (Å²) in [4.78, 5) is 5.03. The van der Waals surface area contributed by atoms with E-state index in [2.05, 4.69) is 9.80 Å². The summed E-state index contributed by atoms with van der Waals surface area (Å²) in [5.74, 6) is 0.851. The van der Waals surface area contributed by atoms with E-state index in [0.29, 0.717) is 0 Å². The Balaban J connectivity index is 1.69. The largest absolute Gasteiger partial charge is 0.396 e. The molecule has 0 radical (unpaired) electrons. The van der Waals surface area contributed by atoms with Gasteiger partial charge in [0.2, 0.25) is 0 Å². The molecule has 0 spiro atoms. The van der Waals surface area contributed by atoms with Crippen LogP contribution in [0.25, 0.3) is 0 Å². The van der Waals surface area contributed by atoms with Crippen molar-refractivity contribution in [3.8, 4) is 0 Å². The number of piperidine rings is 1. The molecule has 2 saturated heterocycles. The standard InChI is InChI=1S/C15H30N2O2/c1-15(12-18,13-19)11-17-8-4-14(5-9-17)10-16-6-2-3-7-16/h14,18-19H,2-13H2,1H3. The molecule has 0 unspecified atom stereocenters. The first-order chi connectivity index (χ1) is 9.15. The lowest BCUT2D eigenvalue weighted by Gasteiger charge is -2.38. The van der Waals surface area contributed by atoms with Gasteiger partial charge in [0, 0.05) is 18.5 Å². The third-order valence-corrected chi connectivity index (χ3v) is 4.79. The van der Waals surface area contributed by atoms with E-state index in [1.807, 2.05) is 6.92 Å². The SMILES string of the molecule is CC(CO)(CO)CN1CCC(CN2CCCC2)CC1. The van der Waals surface area contributed by atoms with Crippen molar-refractivity contribution in [3.05, 3.63) is 0 Å². The second-order valence-corrected chi connectivity index (χ2v) is 6.85. The molecule has 0 aromatic rings. The van der Waals surface area contributed by atoms with E-state index >= 15 is 0 Å². The molecule has 19 heavy (non-hydrogen) atoms. The van der Waals surface area contributed by atoms with Crippen LogP contribution in [0.4, 0.5) is 0 Å². The summed E-state index contributed by atoms with van der Waals surface area (Å²) in [6, 6.07) is 0. The smallest absolute Gasteiger partial charge is 0.0519 e. The zero-order valence-electron chi connectivity index (χ0n) is 12.4. The van der Waals surface area contributed by atoms with Crippen molar-refractivity contribution < 1.29 is 10.2 Å². The maximum atomic E-state index is 9.36. The van der Waals surface area contributed by atoms with Crippen LogP contribution in [-0.4, -0.2) is 72.5 Å². The van der Waals surface area contributed by atoms with Gasteiger partial charge in [-0.2, -0.15) is 0 Å². The second kappa shape index (κ2) is 7.02. The number of likely N-dealkylation sites (tertiary alicyclic amines) is 2. The van der Waals surface area contributed by atoms with Gasteiger partial charge < -0.3 is 20.0 Å². The molecule has 4 heteroatoms. The summed E-state index contributed by atoms with van der Waals surface area (Å²) < 4.78 is 0. The van der Waals surface area contributed by atoms with Gasteiger partial charge in [0.25, 0.3) is 0 Å². The minimum Gasteiger partial charge on any atom is -0.396 e. The predicted octanol–water partition coefficient (Wildman–Crippen LogP) is 0.785. The van der Waals surface area contributed by atoms with Crippen LogP contribution in [0.3, 0.4) is 0 Å². The molecule has 2 fully saturated rings. The highest BCUT2D eigenvalue weighted by Gasteiger charge is 2.29. The van der Waals surface area contributed by atoms with E-state index in [-0.39, 0.29) is 18.6 Å². The highest BCUT2D eigenvalue weighted by atomic mass is 16.3.